The predicted molar refractivity (Wildman–Crippen MR) is 70.4 cm³/mol. The average molecular weight is 257 g/mol. The summed E-state index contributed by atoms with van der Waals surface area (Å²) < 4.78 is 3.41. The molecule has 0 saturated carbocycles. The van der Waals surface area contributed by atoms with E-state index in [1.165, 1.54) is 0 Å². The van der Waals surface area contributed by atoms with E-state index in [1.54, 1.807) is 22.6 Å². The van der Waals surface area contributed by atoms with Crippen LogP contribution in [-0.2, 0) is 20.5 Å². The second-order valence-electron chi connectivity index (χ2n) is 4.63. The molecule has 0 amide bonds. The number of aromatic nitrogens is 5. The second kappa shape index (κ2) is 4.47. The highest BCUT2D eigenvalue weighted by Gasteiger charge is 2.18. The Morgan fingerprint density at radius 1 is 1.26 bits per heavy atom. The number of rotatable bonds is 3. The second-order valence-corrected chi connectivity index (χ2v) is 4.63. The zero-order valence-corrected chi connectivity index (χ0v) is 10.9. The van der Waals surface area contributed by atoms with Crippen LogP contribution in [0.25, 0.3) is 10.9 Å². The molecule has 98 valence electrons. The van der Waals surface area contributed by atoms with Gasteiger partial charge in [-0.2, -0.15) is 5.10 Å². The van der Waals surface area contributed by atoms with E-state index in [0.717, 1.165) is 16.6 Å². The Hall–Kier alpha value is -2.21. The van der Waals surface area contributed by atoms with Crippen molar-refractivity contribution in [1.82, 2.24) is 24.8 Å². The van der Waals surface area contributed by atoms with Crippen molar-refractivity contribution in [3.63, 3.8) is 0 Å². The lowest BCUT2D eigenvalue weighted by atomic mass is 10.1. The van der Waals surface area contributed by atoms with Crippen LogP contribution in [0.5, 0.6) is 0 Å². The van der Waals surface area contributed by atoms with Crippen LogP contribution in [0.15, 0.2) is 30.5 Å². The Morgan fingerprint density at radius 3 is 2.79 bits per heavy atom. The molecule has 0 fully saturated rings. The van der Waals surface area contributed by atoms with Crippen molar-refractivity contribution in [2.45, 2.75) is 12.5 Å². The molecule has 1 N–H and O–H groups in total. The van der Waals surface area contributed by atoms with Gasteiger partial charge in [0, 0.05) is 32.1 Å². The van der Waals surface area contributed by atoms with Gasteiger partial charge >= 0.3 is 0 Å². The summed E-state index contributed by atoms with van der Waals surface area (Å²) in [6.45, 7) is 0. The molecule has 6 heteroatoms. The van der Waals surface area contributed by atoms with Crippen molar-refractivity contribution in [1.29, 1.82) is 0 Å². The summed E-state index contributed by atoms with van der Waals surface area (Å²) in [5.41, 5.74) is 2.45. The minimum atomic E-state index is -0.678. The standard InChI is InChI=1S/C13H15N5O/c1-17-8-9(14-16-17)7-12(19)13-10-5-3-4-6-11(10)18(2)15-13/h3-6,8,12,19H,7H2,1-2H3. The first-order chi connectivity index (χ1) is 9.15. The van der Waals surface area contributed by atoms with E-state index in [9.17, 15) is 5.11 Å². The minimum Gasteiger partial charge on any atom is -0.386 e. The lowest BCUT2D eigenvalue weighted by molar-refractivity contribution is 0.173. The first kappa shape index (κ1) is 11.9. The Kier molecular flexibility index (Phi) is 2.79. The van der Waals surface area contributed by atoms with Gasteiger partial charge in [-0.15, -0.1) is 5.10 Å². The van der Waals surface area contributed by atoms with E-state index < -0.39 is 6.10 Å². The third-order valence-electron chi connectivity index (χ3n) is 3.15. The van der Waals surface area contributed by atoms with Gasteiger partial charge in [0.1, 0.15) is 6.10 Å². The first-order valence-electron chi connectivity index (χ1n) is 6.10. The summed E-state index contributed by atoms with van der Waals surface area (Å²) in [4.78, 5) is 0. The predicted octanol–water partition coefficient (Wildman–Crippen LogP) is 0.978. The van der Waals surface area contributed by atoms with E-state index in [0.29, 0.717) is 12.1 Å². The van der Waals surface area contributed by atoms with E-state index in [1.807, 2.05) is 31.3 Å². The van der Waals surface area contributed by atoms with Crippen LogP contribution in [0, 0.1) is 0 Å². The highest BCUT2D eigenvalue weighted by molar-refractivity contribution is 5.82. The maximum atomic E-state index is 10.3. The zero-order chi connectivity index (χ0) is 13.4. The molecule has 1 atom stereocenters. The molecule has 0 aliphatic heterocycles. The summed E-state index contributed by atoms with van der Waals surface area (Å²) in [7, 11) is 3.68. The molecule has 0 spiro atoms. The Morgan fingerprint density at radius 2 is 2.05 bits per heavy atom. The zero-order valence-electron chi connectivity index (χ0n) is 10.9. The number of benzene rings is 1. The van der Waals surface area contributed by atoms with Crippen molar-refractivity contribution in [2.24, 2.45) is 14.1 Å². The fraction of sp³-hybridized carbons (Fsp3) is 0.308. The maximum absolute atomic E-state index is 10.3. The average Bonchev–Trinajstić information content (AvgIpc) is 2.95. The molecular weight excluding hydrogens is 242 g/mol. The fourth-order valence-electron chi connectivity index (χ4n) is 2.27. The molecule has 0 aliphatic rings. The highest BCUT2D eigenvalue weighted by Crippen LogP contribution is 2.24. The summed E-state index contributed by atoms with van der Waals surface area (Å²) in [5.74, 6) is 0. The summed E-state index contributed by atoms with van der Waals surface area (Å²) in [5, 5.41) is 23.6. The topological polar surface area (TPSA) is 68.8 Å². The molecule has 19 heavy (non-hydrogen) atoms. The van der Waals surface area contributed by atoms with Crippen LogP contribution in [0.1, 0.15) is 17.5 Å². The first-order valence-corrected chi connectivity index (χ1v) is 6.10. The van der Waals surface area contributed by atoms with E-state index in [2.05, 4.69) is 15.4 Å². The van der Waals surface area contributed by atoms with Gasteiger partial charge in [0.05, 0.1) is 16.9 Å². The van der Waals surface area contributed by atoms with Crippen molar-refractivity contribution < 1.29 is 5.11 Å². The molecule has 3 aromatic rings. The number of hydrogen-bond donors (Lipinski definition) is 1. The van der Waals surface area contributed by atoms with Gasteiger partial charge < -0.3 is 5.11 Å². The van der Waals surface area contributed by atoms with Gasteiger partial charge in [-0.05, 0) is 6.07 Å². The highest BCUT2D eigenvalue weighted by atomic mass is 16.3. The number of aryl methyl sites for hydroxylation is 2. The Balaban J connectivity index is 1.95. The molecule has 2 aromatic heterocycles. The quantitative estimate of drug-likeness (QED) is 0.759. The van der Waals surface area contributed by atoms with E-state index in [-0.39, 0.29) is 0 Å². The molecule has 1 unspecified atom stereocenters. The molecule has 2 heterocycles. The van der Waals surface area contributed by atoms with Crippen LogP contribution in [-0.4, -0.2) is 29.9 Å². The van der Waals surface area contributed by atoms with Gasteiger partial charge in [0.15, 0.2) is 0 Å². The SMILES string of the molecule is Cn1cc(CC(O)c2nn(C)c3ccccc23)nn1. The Bertz CT molecular complexity index is 715. The number of fused-ring (bicyclic) bond motifs is 1. The number of aliphatic hydroxyl groups excluding tert-OH is 1. The molecule has 0 radical (unpaired) electrons. The van der Waals surface area contributed by atoms with Gasteiger partial charge in [-0.1, -0.05) is 23.4 Å². The molecule has 1 aromatic carbocycles. The molecule has 3 rings (SSSR count). The molecule has 0 bridgehead atoms. The van der Waals surface area contributed by atoms with Gasteiger partial charge in [-0.3, -0.25) is 9.36 Å². The summed E-state index contributed by atoms with van der Waals surface area (Å²) >= 11 is 0. The van der Waals surface area contributed by atoms with Crippen LogP contribution in [0.2, 0.25) is 0 Å². The lowest BCUT2D eigenvalue weighted by Crippen LogP contribution is -2.04. The molecule has 0 saturated heterocycles. The fourth-order valence-corrected chi connectivity index (χ4v) is 2.27. The van der Waals surface area contributed by atoms with E-state index in [4.69, 9.17) is 0 Å². The van der Waals surface area contributed by atoms with Crippen LogP contribution in [0.3, 0.4) is 0 Å². The number of para-hydroxylation sites is 1. The molecular formula is C13H15N5O. The van der Waals surface area contributed by atoms with Crippen molar-refractivity contribution in [2.75, 3.05) is 0 Å². The van der Waals surface area contributed by atoms with Crippen molar-refractivity contribution in [3.05, 3.63) is 41.9 Å². The lowest BCUT2D eigenvalue weighted by Gasteiger charge is -2.05. The smallest absolute Gasteiger partial charge is 0.104 e. The van der Waals surface area contributed by atoms with Crippen LogP contribution >= 0.6 is 0 Å². The number of aliphatic hydroxyl groups is 1. The van der Waals surface area contributed by atoms with Crippen LogP contribution in [0.4, 0.5) is 0 Å². The van der Waals surface area contributed by atoms with Crippen LogP contribution < -0.4 is 0 Å². The largest absolute Gasteiger partial charge is 0.386 e. The van der Waals surface area contributed by atoms with E-state index >= 15 is 0 Å². The molecule has 0 aliphatic carbocycles. The third kappa shape index (κ3) is 2.10. The normalized spacial score (nSPS) is 13.0. The van der Waals surface area contributed by atoms with Gasteiger partial charge in [0.25, 0.3) is 0 Å². The number of hydrogen-bond acceptors (Lipinski definition) is 4. The maximum Gasteiger partial charge on any atom is 0.104 e. The Labute approximate surface area is 110 Å². The summed E-state index contributed by atoms with van der Waals surface area (Å²) in [6, 6.07) is 7.86. The van der Waals surface area contributed by atoms with Crippen molar-refractivity contribution in [3.8, 4) is 0 Å². The van der Waals surface area contributed by atoms with Gasteiger partial charge in [0.2, 0.25) is 0 Å². The third-order valence-corrected chi connectivity index (χ3v) is 3.15. The van der Waals surface area contributed by atoms with Gasteiger partial charge in [-0.25, -0.2) is 0 Å². The summed E-state index contributed by atoms with van der Waals surface area (Å²) in [6.07, 6.45) is 1.53. The monoisotopic (exact) mass is 257 g/mol. The molecule has 6 nitrogen and oxygen atoms in total. The number of nitrogens with zero attached hydrogens (tertiary/aromatic N) is 5. The minimum absolute atomic E-state index is 0.412. The van der Waals surface area contributed by atoms with Crippen molar-refractivity contribution >= 4 is 10.9 Å².